The van der Waals surface area contributed by atoms with Gasteiger partial charge in [0, 0.05) is 0 Å². The zero-order valence-electron chi connectivity index (χ0n) is 33.7. The second-order valence-electron chi connectivity index (χ2n) is 22.7. The van der Waals surface area contributed by atoms with Crippen LogP contribution in [-0.2, 0) is 0 Å². The Balaban J connectivity index is 0.000000420. The fourth-order valence-corrected chi connectivity index (χ4v) is 102. The van der Waals surface area contributed by atoms with E-state index < -0.39 is 64.6 Å². The monoisotopic (exact) mass is 930 g/mol. The van der Waals surface area contributed by atoms with Crippen molar-refractivity contribution in [3.05, 3.63) is 0 Å². The summed E-state index contributed by atoms with van der Waals surface area (Å²) in [6, 6.07) is 0. The van der Waals surface area contributed by atoms with Crippen LogP contribution in [0.4, 0.5) is 0 Å². The number of rotatable bonds is 8. The first-order valence-electron chi connectivity index (χ1n) is 17.3. The Bertz CT molecular complexity index is 727. The van der Waals surface area contributed by atoms with E-state index in [4.69, 9.17) is 0 Å². The molecule has 2 aliphatic heterocycles. The quantitative estimate of drug-likeness (QED) is 0.213. The third kappa shape index (κ3) is 7.58. The van der Waals surface area contributed by atoms with Gasteiger partial charge in [-0.25, -0.2) is 0 Å². The van der Waals surface area contributed by atoms with Crippen LogP contribution in [0.1, 0.15) is 25.7 Å². The van der Waals surface area contributed by atoms with Crippen molar-refractivity contribution in [2.24, 2.45) is 0 Å². The molecule has 0 nitrogen and oxygen atoms in total. The Morgan fingerprint density at radius 1 is 0.238 bits per heavy atom. The summed E-state index contributed by atoms with van der Waals surface area (Å²) in [6.07, 6.45) is 6.52. The van der Waals surface area contributed by atoms with Crippen LogP contribution in [0.2, 0.25) is 168 Å². The summed E-state index contributed by atoms with van der Waals surface area (Å²) in [4.78, 5) is 0. The van der Waals surface area contributed by atoms with Crippen molar-refractivity contribution < 1.29 is 0 Å². The Kier molecular flexibility index (Phi) is 13.0. The molecule has 0 bridgehead atoms. The molecule has 2 rings (SSSR count). The summed E-state index contributed by atoms with van der Waals surface area (Å²) in [5.41, 5.74) is 0. The Morgan fingerprint density at radius 2 is 0.333 bits per heavy atom. The maximum atomic E-state index is 2.71. The zero-order chi connectivity index (χ0) is 34.2. The van der Waals surface area contributed by atoms with E-state index in [-0.39, 0.29) is 43.2 Å². The van der Waals surface area contributed by atoms with E-state index in [1.165, 1.54) is 0 Å². The van der Waals surface area contributed by atoms with Gasteiger partial charge in [-0.2, -0.15) is 0 Å². The average molecular weight is 933 g/mol. The van der Waals surface area contributed by atoms with Crippen LogP contribution in [0.25, 0.3) is 0 Å². The summed E-state index contributed by atoms with van der Waals surface area (Å²) in [5, 5.41) is 0. The van der Waals surface area contributed by atoms with Crippen molar-refractivity contribution in [1.82, 2.24) is 0 Å². The van der Waals surface area contributed by atoms with E-state index in [1.807, 2.05) is 0 Å². The van der Waals surface area contributed by atoms with Crippen molar-refractivity contribution in [1.29, 1.82) is 0 Å². The van der Waals surface area contributed by atoms with Crippen LogP contribution < -0.4 is 0 Å². The van der Waals surface area contributed by atoms with Gasteiger partial charge in [0.05, 0.1) is 0 Å². The molecule has 0 aliphatic carbocycles. The molecular formula is C32H80Sb2Si8. The molecule has 0 atom stereocenters. The van der Waals surface area contributed by atoms with Gasteiger partial charge < -0.3 is 0 Å². The van der Waals surface area contributed by atoms with E-state index in [1.54, 1.807) is 25.7 Å². The van der Waals surface area contributed by atoms with E-state index in [9.17, 15) is 0 Å². The summed E-state index contributed by atoms with van der Waals surface area (Å²) < 4.78 is 3.66. The average Bonchev–Trinajstić information content (AvgIpc) is 3.29. The summed E-state index contributed by atoms with van der Waals surface area (Å²) in [7, 11) is -8.67. The standard InChI is InChI=1S/2C16H40Si4.2Sb/c2*1-17(2,3)15(18(4,5)6)13-14-16(19(7,8)9)20(10,11)12;;/h2*13-14H2,1-12H3;;. The van der Waals surface area contributed by atoms with E-state index in [0.29, 0.717) is 0 Å². The van der Waals surface area contributed by atoms with Gasteiger partial charge in [0.15, 0.2) is 0 Å². The van der Waals surface area contributed by atoms with Crippen molar-refractivity contribution in [3.8, 4) is 0 Å². The van der Waals surface area contributed by atoms with Crippen LogP contribution in [0.5, 0.6) is 0 Å². The molecule has 0 aromatic rings. The van der Waals surface area contributed by atoms with Crippen molar-refractivity contribution in [3.63, 3.8) is 0 Å². The van der Waals surface area contributed by atoms with Gasteiger partial charge in [-0.05, 0) is 0 Å². The molecule has 2 saturated heterocycles. The third-order valence-corrected chi connectivity index (χ3v) is 111. The molecule has 0 amide bonds. The second kappa shape index (κ2) is 12.6. The van der Waals surface area contributed by atoms with E-state index >= 15 is 0 Å². The minimum absolute atomic E-state index is 0.142. The van der Waals surface area contributed by atoms with Gasteiger partial charge in [0.1, 0.15) is 0 Å². The normalized spacial score (nSPS) is 23.4. The molecule has 250 valence electrons. The van der Waals surface area contributed by atoms with Gasteiger partial charge in [-0.15, -0.1) is 0 Å². The first kappa shape index (κ1) is 43.4. The van der Waals surface area contributed by atoms with E-state index in [2.05, 4.69) is 157 Å². The summed E-state index contributed by atoms with van der Waals surface area (Å²) >= 11 is -0.284. The van der Waals surface area contributed by atoms with Gasteiger partial charge in [0.2, 0.25) is 0 Å². The first-order chi connectivity index (χ1) is 17.8. The van der Waals surface area contributed by atoms with Crippen LogP contribution >= 0.6 is 0 Å². The summed E-state index contributed by atoms with van der Waals surface area (Å²) in [6.45, 7) is 65.1. The topological polar surface area (TPSA) is 0 Å². The summed E-state index contributed by atoms with van der Waals surface area (Å²) in [5.74, 6) is 0. The molecular weight excluding hydrogens is 853 g/mol. The van der Waals surface area contributed by atoms with Gasteiger partial charge >= 0.3 is 301 Å². The third-order valence-electron chi connectivity index (χ3n) is 12.4. The molecule has 2 radical (unpaired) electrons. The Morgan fingerprint density at radius 3 is 0.381 bits per heavy atom. The van der Waals surface area contributed by atoms with Crippen molar-refractivity contribution in [2.45, 2.75) is 193 Å². The number of hydrogen-bond donors (Lipinski definition) is 0. The SMILES string of the molecule is C[Si](C)(C)[C]1([Si](C)(C)C)CC[C]([Si](C)(C)C)([Si](C)(C)C)[Sb]1.C[Si](C)(C)[C]1([Si](C)(C)C)CC[C]([Si](C)(C)C)([Si](C)(C)C)[Sb]1. The number of hydrogen-bond acceptors (Lipinski definition) is 0. The molecule has 0 aromatic heterocycles. The van der Waals surface area contributed by atoms with Crippen LogP contribution in [-0.4, -0.2) is 108 Å². The molecule has 42 heavy (non-hydrogen) atoms. The molecule has 0 aromatic carbocycles. The molecule has 2 heterocycles. The Hall–Kier alpha value is 3.37. The predicted octanol–water partition coefficient (Wildman–Crippen LogP) is 12.6. The van der Waals surface area contributed by atoms with Gasteiger partial charge in [0.25, 0.3) is 0 Å². The molecule has 2 aliphatic rings. The van der Waals surface area contributed by atoms with E-state index in [0.717, 1.165) is 10.4 Å². The molecule has 0 saturated carbocycles. The molecule has 0 unspecified atom stereocenters. The van der Waals surface area contributed by atoms with Crippen molar-refractivity contribution in [2.75, 3.05) is 0 Å². The van der Waals surface area contributed by atoms with Gasteiger partial charge in [-0.1, -0.05) is 0 Å². The fourth-order valence-electron chi connectivity index (χ4n) is 10.4. The minimum atomic E-state index is -1.08. The maximum absolute atomic E-state index is 2.71. The Labute approximate surface area is 297 Å². The van der Waals surface area contributed by atoms with Gasteiger partial charge in [-0.3, -0.25) is 0 Å². The zero-order valence-corrected chi connectivity index (χ0v) is 46.8. The molecule has 0 spiro atoms. The molecule has 10 heteroatoms. The fraction of sp³-hybridized carbons (Fsp3) is 1.00. The van der Waals surface area contributed by atoms with Crippen molar-refractivity contribution >= 4 is 108 Å². The predicted molar refractivity (Wildman–Crippen MR) is 228 cm³/mol. The molecule has 2 fully saturated rings. The van der Waals surface area contributed by atoms with Crippen LogP contribution in [0.3, 0.4) is 0 Å². The second-order valence-corrected chi connectivity index (χ2v) is 87.5. The van der Waals surface area contributed by atoms with Crippen LogP contribution in [0.15, 0.2) is 0 Å². The first-order valence-corrected chi connectivity index (χ1v) is 50.4. The van der Waals surface area contributed by atoms with Crippen LogP contribution in [0, 0.1) is 0 Å². The molecule has 0 N–H and O–H groups in total.